The van der Waals surface area contributed by atoms with Crippen molar-refractivity contribution in [2.75, 3.05) is 11.4 Å². The van der Waals surface area contributed by atoms with Crippen molar-refractivity contribution < 1.29 is 19.5 Å². The summed E-state index contributed by atoms with van der Waals surface area (Å²) < 4.78 is 1.56. The predicted octanol–water partition coefficient (Wildman–Crippen LogP) is 0.895. The van der Waals surface area contributed by atoms with E-state index in [0.717, 1.165) is 5.56 Å². The molecule has 1 aliphatic heterocycles. The first kappa shape index (κ1) is 15.9. The quantitative estimate of drug-likeness (QED) is 0.824. The second-order valence-electron chi connectivity index (χ2n) is 5.89. The van der Waals surface area contributed by atoms with E-state index in [9.17, 15) is 14.4 Å². The van der Waals surface area contributed by atoms with Gasteiger partial charge in [-0.05, 0) is 12.0 Å². The lowest BCUT2D eigenvalue weighted by atomic mass is 9.86. The number of amides is 1. The molecule has 0 bridgehead atoms. The van der Waals surface area contributed by atoms with Crippen LogP contribution in [0.1, 0.15) is 5.56 Å². The molecular weight excluding hydrogens is 310 g/mol. The fourth-order valence-electron chi connectivity index (χ4n) is 3.09. The summed E-state index contributed by atoms with van der Waals surface area (Å²) in [6.07, 6.45) is 3.54. The lowest BCUT2D eigenvalue weighted by molar-refractivity contribution is -0.151. The number of rotatable bonds is 5. The van der Waals surface area contributed by atoms with Crippen LogP contribution >= 0.6 is 0 Å². The van der Waals surface area contributed by atoms with E-state index in [0.29, 0.717) is 12.1 Å². The first-order valence-electron chi connectivity index (χ1n) is 7.58. The smallest absolute Gasteiger partial charge is 0.372 e. The summed E-state index contributed by atoms with van der Waals surface area (Å²) in [5, 5.41) is 13.1. The number of Topliss-reactive ketones (excluding diaryl/α,β-unsaturated/α-hetero) is 1. The van der Waals surface area contributed by atoms with E-state index in [1.54, 1.807) is 17.9 Å². The van der Waals surface area contributed by atoms with Gasteiger partial charge in [0.15, 0.2) is 0 Å². The van der Waals surface area contributed by atoms with E-state index < -0.39 is 23.6 Å². The minimum Gasteiger partial charge on any atom is -0.475 e. The molecule has 7 nitrogen and oxygen atoms in total. The largest absolute Gasteiger partial charge is 0.475 e. The molecule has 3 rings (SSSR count). The van der Waals surface area contributed by atoms with Crippen LogP contribution in [0.5, 0.6) is 0 Å². The van der Waals surface area contributed by atoms with Crippen molar-refractivity contribution in [3.8, 4) is 0 Å². The van der Waals surface area contributed by atoms with Gasteiger partial charge in [0, 0.05) is 19.8 Å². The van der Waals surface area contributed by atoms with Gasteiger partial charge in [-0.2, -0.15) is 5.10 Å². The summed E-state index contributed by atoms with van der Waals surface area (Å²) in [4.78, 5) is 37.5. The van der Waals surface area contributed by atoms with Crippen LogP contribution in [0.4, 0.5) is 5.69 Å². The van der Waals surface area contributed by atoms with Gasteiger partial charge >= 0.3 is 5.97 Å². The Kier molecular flexibility index (Phi) is 4.16. The summed E-state index contributed by atoms with van der Waals surface area (Å²) in [5.41, 5.74) is 1.47. The lowest BCUT2D eigenvalue weighted by Gasteiger charge is -2.14. The number of carbonyl (C=O) groups excluding carboxylic acids is 2. The molecule has 124 valence electrons. The number of aliphatic carboxylic acids is 1. The van der Waals surface area contributed by atoms with Gasteiger partial charge in [0.2, 0.25) is 11.7 Å². The highest BCUT2D eigenvalue weighted by Crippen LogP contribution is 2.32. The van der Waals surface area contributed by atoms with Crippen LogP contribution in [-0.4, -0.2) is 39.1 Å². The highest BCUT2D eigenvalue weighted by molar-refractivity contribution is 6.34. The Morgan fingerprint density at radius 1 is 1.29 bits per heavy atom. The van der Waals surface area contributed by atoms with Gasteiger partial charge in [0.25, 0.3) is 0 Å². The molecule has 1 aromatic heterocycles. The first-order chi connectivity index (χ1) is 11.5. The van der Waals surface area contributed by atoms with Crippen molar-refractivity contribution in [1.29, 1.82) is 0 Å². The fraction of sp³-hybridized carbons (Fsp3) is 0.294. The Labute approximate surface area is 138 Å². The van der Waals surface area contributed by atoms with Crippen molar-refractivity contribution in [2.24, 2.45) is 18.9 Å². The lowest BCUT2D eigenvalue weighted by Crippen LogP contribution is -2.31. The molecule has 1 fully saturated rings. The highest BCUT2D eigenvalue weighted by atomic mass is 16.4. The zero-order chi connectivity index (χ0) is 17.3. The van der Waals surface area contributed by atoms with Gasteiger partial charge in [-0.15, -0.1) is 0 Å². The van der Waals surface area contributed by atoms with Crippen LogP contribution in [0.15, 0.2) is 42.7 Å². The standard InChI is InChI=1S/C17H17N3O4/c1-19-9-12(8-18-19)20-10-14(15(21)17(23)24)13(16(20)22)7-11-5-3-2-4-6-11/h2-6,8-9,13-14H,7,10H2,1H3,(H,23,24)/t13-,14+/m1/s1. The molecule has 7 heteroatoms. The maximum absolute atomic E-state index is 12.8. The topological polar surface area (TPSA) is 92.5 Å². The maximum Gasteiger partial charge on any atom is 0.372 e. The molecule has 0 unspecified atom stereocenters. The summed E-state index contributed by atoms with van der Waals surface area (Å²) in [7, 11) is 1.73. The van der Waals surface area contributed by atoms with E-state index >= 15 is 0 Å². The molecule has 2 aromatic rings. The van der Waals surface area contributed by atoms with Crippen molar-refractivity contribution in [3.05, 3.63) is 48.3 Å². The zero-order valence-electron chi connectivity index (χ0n) is 13.1. The van der Waals surface area contributed by atoms with Crippen LogP contribution in [0.3, 0.4) is 0 Å². The minimum absolute atomic E-state index is 0.0627. The molecule has 1 N–H and O–H groups in total. The SMILES string of the molecule is Cn1cc(N2C[C@H](C(=O)C(=O)O)[C@@H](Cc3ccccc3)C2=O)cn1. The molecule has 24 heavy (non-hydrogen) atoms. The third-order valence-corrected chi connectivity index (χ3v) is 4.30. The van der Waals surface area contributed by atoms with Gasteiger partial charge < -0.3 is 10.0 Å². The summed E-state index contributed by atoms with van der Waals surface area (Å²) in [6, 6.07) is 9.29. The Morgan fingerprint density at radius 2 is 2.00 bits per heavy atom. The van der Waals surface area contributed by atoms with E-state index in [4.69, 9.17) is 5.11 Å². The van der Waals surface area contributed by atoms with Crippen molar-refractivity contribution in [3.63, 3.8) is 0 Å². The van der Waals surface area contributed by atoms with Crippen molar-refractivity contribution in [1.82, 2.24) is 9.78 Å². The molecular formula is C17H17N3O4. The molecule has 0 aliphatic carbocycles. The van der Waals surface area contributed by atoms with Crippen LogP contribution in [0.25, 0.3) is 0 Å². The van der Waals surface area contributed by atoms with Gasteiger partial charge in [0.1, 0.15) is 0 Å². The van der Waals surface area contributed by atoms with Crippen LogP contribution < -0.4 is 4.90 Å². The zero-order valence-corrected chi connectivity index (χ0v) is 13.1. The third kappa shape index (κ3) is 2.92. The van der Waals surface area contributed by atoms with E-state index in [1.165, 1.54) is 11.1 Å². The summed E-state index contributed by atoms with van der Waals surface area (Å²) >= 11 is 0. The minimum atomic E-state index is -1.50. The summed E-state index contributed by atoms with van der Waals surface area (Å²) in [6.45, 7) is 0.0627. The highest BCUT2D eigenvalue weighted by Gasteiger charge is 2.46. The molecule has 1 aliphatic rings. The van der Waals surface area contributed by atoms with E-state index in [-0.39, 0.29) is 12.5 Å². The average Bonchev–Trinajstić information content (AvgIpc) is 3.12. The van der Waals surface area contributed by atoms with Gasteiger partial charge in [-0.3, -0.25) is 14.3 Å². The number of anilines is 1. The Morgan fingerprint density at radius 3 is 2.58 bits per heavy atom. The Hall–Kier alpha value is -2.96. The Balaban J connectivity index is 1.91. The second-order valence-corrected chi connectivity index (χ2v) is 5.89. The summed E-state index contributed by atoms with van der Waals surface area (Å²) in [5.74, 6) is -4.22. The van der Waals surface area contributed by atoms with E-state index in [1.807, 2.05) is 30.3 Å². The number of benzene rings is 1. The number of nitrogens with zero attached hydrogens (tertiary/aromatic N) is 3. The number of carboxylic acid groups (broad SMARTS) is 1. The van der Waals surface area contributed by atoms with Crippen LogP contribution in [-0.2, 0) is 27.9 Å². The average molecular weight is 327 g/mol. The third-order valence-electron chi connectivity index (χ3n) is 4.30. The van der Waals surface area contributed by atoms with Crippen LogP contribution in [0.2, 0.25) is 0 Å². The number of aryl methyl sites for hydroxylation is 1. The van der Waals surface area contributed by atoms with Gasteiger partial charge in [0.05, 0.1) is 23.7 Å². The van der Waals surface area contributed by atoms with Crippen LogP contribution in [0, 0.1) is 11.8 Å². The number of carbonyl (C=O) groups is 3. The molecule has 1 aromatic carbocycles. The van der Waals surface area contributed by atoms with Gasteiger partial charge in [-0.1, -0.05) is 30.3 Å². The van der Waals surface area contributed by atoms with Crippen molar-refractivity contribution >= 4 is 23.3 Å². The number of carboxylic acids is 1. The second kappa shape index (κ2) is 6.27. The Bertz CT molecular complexity index is 784. The van der Waals surface area contributed by atoms with E-state index in [2.05, 4.69) is 5.10 Å². The maximum atomic E-state index is 12.8. The number of ketones is 1. The molecule has 0 spiro atoms. The monoisotopic (exact) mass is 327 g/mol. The normalized spacial score (nSPS) is 20.4. The number of hydrogen-bond acceptors (Lipinski definition) is 4. The van der Waals surface area contributed by atoms with Gasteiger partial charge in [-0.25, -0.2) is 4.79 Å². The molecule has 2 atom stereocenters. The molecule has 1 saturated heterocycles. The number of hydrogen-bond donors (Lipinski definition) is 1. The predicted molar refractivity (Wildman–Crippen MR) is 85.3 cm³/mol. The molecule has 0 saturated carbocycles. The fourth-order valence-corrected chi connectivity index (χ4v) is 3.09. The first-order valence-corrected chi connectivity index (χ1v) is 7.58. The molecule has 2 heterocycles. The van der Waals surface area contributed by atoms with Crippen molar-refractivity contribution in [2.45, 2.75) is 6.42 Å². The number of aromatic nitrogens is 2. The molecule has 0 radical (unpaired) electrons. The molecule has 1 amide bonds.